The van der Waals surface area contributed by atoms with E-state index in [0.717, 1.165) is 33.4 Å². The van der Waals surface area contributed by atoms with Gasteiger partial charge < -0.3 is 34.7 Å². The summed E-state index contributed by atoms with van der Waals surface area (Å²) in [5.41, 5.74) is 9.10. The number of hydrogen-bond acceptors (Lipinski definition) is 13. The van der Waals surface area contributed by atoms with Gasteiger partial charge in [-0.25, -0.2) is 14.8 Å². The first-order chi connectivity index (χ1) is 23.3. The van der Waals surface area contributed by atoms with Gasteiger partial charge in [0.25, 0.3) is 0 Å². The minimum Gasteiger partial charge on any atom is -0.545 e. The second-order valence-corrected chi connectivity index (χ2v) is 13.3. The van der Waals surface area contributed by atoms with Crippen molar-refractivity contribution in [3.63, 3.8) is 0 Å². The maximum atomic E-state index is 11.4. The second-order valence-electron chi connectivity index (χ2n) is 11.0. The van der Waals surface area contributed by atoms with Crippen LogP contribution in [0.1, 0.15) is 16.8 Å². The molecule has 2 aromatic heterocycles. The van der Waals surface area contributed by atoms with E-state index in [0.29, 0.717) is 38.8 Å². The van der Waals surface area contributed by atoms with Crippen LogP contribution in [0.2, 0.25) is 5.02 Å². The summed E-state index contributed by atoms with van der Waals surface area (Å²) in [4.78, 5) is 30.7. The number of pyridine rings is 1. The first kappa shape index (κ1) is 38.5. The largest absolute Gasteiger partial charge is 0.545 e. The lowest BCUT2D eigenvalue weighted by Gasteiger charge is -2.21. The van der Waals surface area contributed by atoms with E-state index in [2.05, 4.69) is 43.2 Å². The Morgan fingerprint density at radius 2 is 1.67 bits per heavy atom. The molecule has 254 valence electrons. The zero-order valence-corrected chi connectivity index (χ0v) is 29.3. The lowest BCUT2D eigenvalue weighted by atomic mass is 9.97. The number of carbonyl (C=O) groups excluding carboxylic acids is 2. The molecular weight excluding hydrogens is 688 g/mol. The molecule has 2 aromatic carbocycles. The molecule has 0 spiro atoms. The Kier molecular flexibility index (Phi) is 14.6. The van der Waals surface area contributed by atoms with Crippen molar-refractivity contribution in [1.29, 1.82) is 10.5 Å². The van der Waals surface area contributed by atoms with Crippen molar-refractivity contribution in [3.8, 4) is 39.6 Å². The van der Waals surface area contributed by atoms with Gasteiger partial charge in [-0.05, 0) is 35.9 Å². The topological polar surface area (TPSA) is 195 Å². The SMILES string of the molecule is C[N+](C)(C)CCO.N#Cc1c(N)nc(SCc2csc(-c3ccc(Cl)cc3)n2)c(C#N)c1-c1ccc(OCCOC(=O)/C=C\C(=O)[O-])cc1. The summed E-state index contributed by atoms with van der Waals surface area (Å²) in [5, 5.41) is 42.4. The Balaban J connectivity index is 0.000000838. The average molecular weight is 721 g/mol. The zero-order valence-electron chi connectivity index (χ0n) is 26.9. The summed E-state index contributed by atoms with van der Waals surface area (Å²) in [6, 6.07) is 18.2. The molecule has 49 heavy (non-hydrogen) atoms. The van der Waals surface area contributed by atoms with Gasteiger partial charge in [0.2, 0.25) is 0 Å². The fraction of sp³-hybridized carbons (Fsp3) is 0.235. The maximum absolute atomic E-state index is 11.4. The molecule has 0 saturated heterocycles. The number of aliphatic carboxylic acids is 1. The summed E-state index contributed by atoms with van der Waals surface area (Å²) < 4.78 is 11.2. The Morgan fingerprint density at radius 3 is 2.24 bits per heavy atom. The molecule has 0 atom stereocenters. The summed E-state index contributed by atoms with van der Waals surface area (Å²) in [7, 11) is 6.16. The van der Waals surface area contributed by atoms with E-state index < -0.39 is 11.9 Å². The molecule has 4 aromatic rings. The van der Waals surface area contributed by atoms with Crippen molar-refractivity contribution >= 4 is 52.5 Å². The molecule has 4 rings (SSSR count). The number of rotatable bonds is 13. The van der Waals surface area contributed by atoms with E-state index in [1.54, 1.807) is 36.4 Å². The minimum atomic E-state index is -1.51. The van der Waals surface area contributed by atoms with E-state index in [4.69, 9.17) is 31.9 Å². The van der Waals surface area contributed by atoms with Gasteiger partial charge >= 0.3 is 5.97 Å². The maximum Gasteiger partial charge on any atom is 0.330 e. The van der Waals surface area contributed by atoms with Gasteiger partial charge in [-0.15, -0.1) is 11.3 Å². The van der Waals surface area contributed by atoms with Crippen LogP contribution in [-0.2, 0) is 20.1 Å². The fourth-order valence-electron chi connectivity index (χ4n) is 3.94. The fourth-order valence-corrected chi connectivity index (χ4v) is 5.88. The Hall–Kier alpha value is -4.96. The molecule has 0 aliphatic rings. The number of carboxylic acids is 1. The molecule has 0 bridgehead atoms. The number of nitrogens with two attached hydrogens (primary N) is 1. The molecule has 0 unspecified atom stereocenters. The molecule has 15 heteroatoms. The highest BCUT2D eigenvalue weighted by Crippen LogP contribution is 2.37. The van der Waals surface area contributed by atoms with Gasteiger partial charge in [0, 0.05) is 33.4 Å². The number of halogens is 1. The van der Waals surface area contributed by atoms with Crippen molar-refractivity contribution in [3.05, 3.63) is 87.9 Å². The van der Waals surface area contributed by atoms with Crippen LogP contribution in [0.15, 0.2) is 71.1 Å². The molecule has 0 amide bonds. The number of ether oxygens (including phenoxy) is 2. The number of carboxylic acid groups (broad SMARTS) is 1. The second kappa shape index (κ2) is 18.5. The minimum absolute atomic E-state index is 0.00371. The van der Waals surface area contributed by atoms with Gasteiger partial charge in [-0.2, -0.15) is 10.5 Å². The first-order valence-electron chi connectivity index (χ1n) is 14.5. The van der Waals surface area contributed by atoms with Crippen molar-refractivity contribution in [2.75, 3.05) is 53.2 Å². The van der Waals surface area contributed by atoms with E-state index in [1.165, 1.54) is 23.1 Å². The molecular formula is C34H33ClN6O6S2. The summed E-state index contributed by atoms with van der Waals surface area (Å²) in [6.45, 7) is 1.01. The smallest absolute Gasteiger partial charge is 0.330 e. The molecule has 0 radical (unpaired) electrons. The number of likely N-dealkylation sites (N-methyl/N-ethyl adjacent to an activating group) is 1. The number of carbonyl (C=O) groups is 2. The number of nitrogen functional groups attached to an aromatic ring is 1. The lowest BCUT2D eigenvalue weighted by Crippen LogP contribution is -2.36. The van der Waals surface area contributed by atoms with Gasteiger partial charge in [-0.1, -0.05) is 47.6 Å². The Bertz CT molecular complexity index is 1860. The number of nitriles is 2. The molecule has 0 aliphatic carbocycles. The highest BCUT2D eigenvalue weighted by Gasteiger charge is 2.21. The van der Waals surface area contributed by atoms with Crippen molar-refractivity contribution in [2.45, 2.75) is 10.8 Å². The monoisotopic (exact) mass is 720 g/mol. The number of thioether (sulfide) groups is 1. The van der Waals surface area contributed by atoms with Crippen LogP contribution in [0.5, 0.6) is 5.75 Å². The Labute approximate surface area is 297 Å². The van der Waals surface area contributed by atoms with Crippen molar-refractivity contribution in [1.82, 2.24) is 9.97 Å². The van der Waals surface area contributed by atoms with Gasteiger partial charge in [-0.3, -0.25) is 0 Å². The average Bonchev–Trinajstić information content (AvgIpc) is 3.54. The quantitative estimate of drug-likeness (QED) is 0.0662. The normalized spacial score (nSPS) is 10.8. The number of hydrogen-bond donors (Lipinski definition) is 2. The molecule has 0 saturated carbocycles. The van der Waals surface area contributed by atoms with E-state index in [-0.39, 0.29) is 36.8 Å². The van der Waals surface area contributed by atoms with Crippen molar-refractivity contribution in [2.24, 2.45) is 0 Å². The highest BCUT2D eigenvalue weighted by molar-refractivity contribution is 7.98. The van der Waals surface area contributed by atoms with E-state index >= 15 is 0 Å². The Morgan fingerprint density at radius 1 is 1.02 bits per heavy atom. The van der Waals surface area contributed by atoms with E-state index in [1.807, 2.05) is 17.5 Å². The number of aromatic nitrogens is 2. The molecule has 12 nitrogen and oxygen atoms in total. The van der Waals surface area contributed by atoms with E-state index in [9.17, 15) is 25.2 Å². The number of benzene rings is 2. The number of aliphatic hydroxyl groups is 1. The third-order valence-electron chi connectivity index (χ3n) is 6.28. The van der Waals surface area contributed by atoms with Crippen LogP contribution >= 0.6 is 34.7 Å². The van der Waals surface area contributed by atoms with Crippen LogP contribution in [0, 0.1) is 22.7 Å². The zero-order chi connectivity index (χ0) is 36.0. The van der Waals surface area contributed by atoms with Crippen LogP contribution in [-0.4, -0.2) is 79.0 Å². The van der Waals surface area contributed by atoms with Crippen LogP contribution in [0.4, 0.5) is 5.82 Å². The number of esters is 1. The first-order valence-corrected chi connectivity index (χ1v) is 16.8. The predicted octanol–water partition coefficient (Wildman–Crippen LogP) is 4.06. The van der Waals surface area contributed by atoms with Gasteiger partial charge in [0.15, 0.2) is 0 Å². The standard InChI is InChI=1S/C29H20ClN5O5S2.C5H14NO/c30-19-5-1-18(2-6-19)28-34-20(15-41-28)16-42-29-23(14-32)26(22(13-31)27(33)35-29)17-3-7-21(8-4-17)39-11-12-40-25(38)10-9-24(36)37;1-6(2,3)4-5-7/h1-10,15H,11-12,16H2,(H2,33,35)(H,36,37);7H,4-5H2,1-3H3/q;+1/p-1/b10-9-;. The molecule has 3 N–H and O–H groups in total. The molecule has 0 fully saturated rings. The van der Waals surface area contributed by atoms with Crippen LogP contribution in [0.25, 0.3) is 21.7 Å². The number of anilines is 1. The third kappa shape index (κ3) is 12.2. The summed E-state index contributed by atoms with van der Waals surface area (Å²) >= 11 is 8.77. The summed E-state index contributed by atoms with van der Waals surface area (Å²) in [6.07, 6.45) is 1.31. The van der Waals surface area contributed by atoms with Crippen LogP contribution in [0.3, 0.4) is 0 Å². The predicted molar refractivity (Wildman–Crippen MR) is 186 cm³/mol. The van der Waals surface area contributed by atoms with Gasteiger partial charge in [0.1, 0.15) is 59.1 Å². The van der Waals surface area contributed by atoms with Crippen LogP contribution < -0.4 is 15.6 Å². The number of quaternary nitrogens is 1. The highest BCUT2D eigenvalue weighted by atomic mass is 35.5. The number of aliphatic hydroxyl groups excluding tert-OH is 1. The van der Waals surface area contributed by atoms with Gasteiger partial charge in [0.05, 0.1) is 45.0 Å². The molecule has 0 aliphatic heterocycles. The third-order valence-corrected chi connectivity index (χ3v) is 8.48. The lowest BCUT2D eigenvalue weighted by molar-refractivity contribution is -0.870. The number of nitrogens with zero attached hydrogens (tertiary/aromatic N) is 5. The van der Waals surface area contributed by atoms with Crippen molar-refractivity contribution < 1.29 is 33.8 Å². The molecule has 2 heterocycles. The number of thiazole rings is 1. The summed E-state index contributed by atoms with van der Waals surface area (Å²) in [5.74, 6) is -1.48.